The summed E-state index contributed by atoms with van der Waals surface area (Å²) in [5.41, 5.74) is 2.33. The standard InChI is InChI=1S/C33H34Cl2F2N4O2S/c1-33(2,21-6-11-26(34)29(16-21)43-5)30-17-38-32(40(30)24-9-7-22(36)8-10-24)44-19-25-27(35)14-20(15-28(25)37)31(42)39-23-12-13-41(3,4)18-23/h6-11,14-17,23H,12-13,18-19H2,1-5H3/p+1/t23-/m0/s1. The Hall–Kier alpha value is -3.11. The first-order chi connectivity index (χ1) is 20.8. The highest BCUT2D eigenvalue weighted by Gasteiger charge is 2.33. The molecular weight excluding hydrogens is 625 g/mol. The SMILES string of the molecule is COc1cc(C(C)(C)c2cnc(SCc3c(F)cc(C(=O)N[C@H]4CC[N+](C)(C)C4)cc3Cl)n2-c2ccc(F)cc2)ccc1Cl. The number of aromatic nitrogens is 2. The number of rotatable bonds is 9. The van der Waals surface area contributed by atoms with Crippen LogP contribution in [0.1, 0.15) is 47.4 Å². The second-order valence-corrected chi connectivity index (χ2v) is 14.0. The van der Waals surface area contributed by atoms with Crippen molar-refractivity contribution >= 4 is 40.9 Å². The first kappa shape index (κ1) is 32.3. The number of quaternary nitrogens is 1. The fourth-order valence-corrected chi connectivity index (χ4v) is 7.17. The molecule has 3 aromatic carbocycles. The third kappa shape index (κ3) is 6.76. The molecule has 1 aliphatic rings. The lowest BCUT2D eigenvalue weighted by Crippen LogP contribution is -2.42. The summed E-state index contributed by atoms with van der Waals surface area (Å²) in [7, 11) is 5.80. The number of hydrogen-bond donors (Lipinski definition) is 1. The summed E-state index contributed by atoms with van der Waals surface area (Å²) in [5.74, 6) is -0.553. The van der Waals surface area contributed by atoms with E-state index >= 15 is 4.39 Å². The molecule has 1 amide bonds. The van der Waals surface area contributed by atoms with E-state index in [0.29, 0.717) is 21.6 Å². The van der Waals surface area contributed by atoms with Crippen molar-refractivity contribution in [2.75, 3.05) is 34.3 Å². The summed E-state index contributed by atoms with van der Waals surface area (Å²) in [6.07, 6.45) is 2.63. The predicted molar refractivity (Wildman–Crippen MR) is 172 cm³/mol. The summed E-state index contributed by atoms with van der Waals surface area (Å²) >= 11 is 14.1. The van der Waals surface area contributed by atoms with Gasteiger partial charge >= 0.3 is 0 Å². The van der Waals surface area contributed by atoms with Crippen molar-refractivity contribution in [2.24, 2.45) is 0 Å². The number of halogens is 4. The topological polar surface area (TPSA) is 56.1 Å². The smallest absolute Gasteiger partial charge is 0.251 e. The zero-order valence-corrected chi connectivity index (χ0v) is 27.6. The number of methoxy groups -OCH3 is 1. The number of nitrogens with zero attached hydrogens (tertiary/aromatic N) is 3. The Morgan fingerprint density at radius 2 is 1.84 bits per heavy atom. The number of amides is 1. The monoisotopic (exact) mass is 659 g/mol. The number of likely N-dealkylation sites (N-methyl/N-ethyl adjacent to an activating group) is 1. The summed E-state index contributed by atoms with van der Waals surface area (Å²) in [4.78, 5) is 17.6. The number of ether oxygens (including phenoxy) is 1. The van der Waals surface area contributed by atoms with Crippen LogP contribution in [0.5, 0.6) is 5.75 Å². The fourth-order valence-electron chi connectivity index (χ4n) is 5.59. The van der Waals surface area contributed by atoms with Gasteiger partial charge in [0.25, 0.3) is 5.91 Å². The summed E-state index contributed by atoms with van der Waals surface area (Å²) in [6, 6.07) is 14.5. The largest absolute Gasteiger partial charge is 0.495 e. The molecule has 0 unspecified atom stereocenters. The molecule has 4 aromatic rings. The molecule has 0 bridgehead atoms. The van der Waals surface area contributed by atoms with E-state index in [1.165, 1.54) is 36.0 Å². The number of imidazole rings is 1. The van der Waals surface area contributed by atoms with E-state index in [-0.39, 0.29) is 39.7 Å². The van der Waals surface area contributed by atoms with E-state index in [1.54, 1.807) is 31.5 Å². The maximum atomic E-state index is 15.4. The van der Waals surface area contributed by atoms with Gasteiger partial charge in [-0.25, -0.2) is 13.8 Å². The molecule has 0 aliphatic carbocycles. The Labute approximate surface area is 270 Å². The number of likely N-dealkylation sites (tertiary alicyclic amines) is 1. The van der Waals surface area contributed by atoms with Gasteiger partial charge in [0.05, 0.1) is 57.2 Å². The molecule has 1 atom stereocenters. The average Bonchev–Trinajstić information content (AvgIpc) is 3.55. The van der Waals surface area contributed by atoms with Crippen LogP contribution < -0.4 is 10.1 Å². The lowest BCUT2D eigenvalue weighted by molar-refractivity contribution is -0.878. The van der Waals surface area contributed by atoms with Crippen molar-refractivity contribution in [3.8, 4) is 11.4 Å². The third-order valence-corrected chi connectivity index (χ3v) is 9.84. The van der Waals surface area contributed by atoms with Crippen LogP contribution in [0.3, 0.4) is 0 Å². The maximum absolute atomic E-state index is 15.4. The summed E-state index contributed by atoms with van der Waals surface area (Å²) in [5, 5.41) is 4.25. The highest BCUT2D eigenvalue weighted by atomic mass is 35.5. The van der Waals surface area contributed by atoms with Crippen LogP contribution >= 0.6 is 35.0 Å². The molecule has 1 fully saturated rings. The van der Waals surface area contributed by atoms with Crippen molar-refractivity contribution in [3.05, 3.63) is 105 Å². The number of thioether (sulfide) groups is 1. The van der Waals surface area contributed by atoms with Crippen molar-refractivity contribution in [3.63, 3.8) is 0 Å². The van der Waals surface area contributed by atoms with E-state index in [0.717, 1.165) is 35.3 Å². The molecular formula is C33H35Cl2F2N4O2S+. The molecule has 44 heavy (non-hydrogen) atoms. The molecule has 6 nitrogen and oxygen atoms in total. The first-order valence-electron chi connectivity index (χ1n) is 14.2. The minimum atomic E-state index is -0.580. The van der Waals surface area contributed by atoms with Crippen molar-refractivity contribution in [1.82, 2.24) is 14.9 Å². The van der Waals surface area contributed by atoms with Crippen LogP contribution in [-0.4, -0.2) is 60.3 Å². The van der Waals surface area contributed by atoms with Gasteiger partial charge in [0.15, 0.2) is 5.16 Å². The van der Waals surface area contributed by atoms with E-state index in [9.17, 15) is 9.18 Å². The molecule has 11 heteroatoms. The first-order valence-corrected chi connectivity index (χ1v) is 15.9. The summed E-state index contributed by atoms with van der Waals surface area (Å²) in [6.45, 7) is 5.89. The van der Waals surface area contributed by atoms with Gasteiger partial charge in [-0.2, -0.15) is 0 Å². The Bertz CT molecular complexity index is 1670. The van der Waals surface area contributed by atoms with E-state index in [2.05, 4.69) is 19.4 Å². The Kier molecular flexibility index (Phi) is 9.33. The molecule has 0 radical (unpaired) electrons. The minimum absolute atomic E-state index is 0.0345. The fraction of sp³-hybridized carbons (Fsp3) is 0.333. The number of nitrogens with one attached hydrogen (secondary N) is 1. The molecule has 0 saturated carbocycles. The lowest BCUT2D eigenvalue weighted by Gasteiger charge is -2.28. The van der Waals surface area contributed by atoms with Gasteiger partial charge < -0.3 is 14.5 Å². The zero-order chi connectivity index (χ0) is 31.8. The van der Waals surface area contributed by atoms with Gasteiger partial charge in [-0.05, 0) is 54.1 Å². The summed E-state index contributed by atoms with van der Waals surface area (Å²) < 4.78 is 37.5. The minimum Gasteiger partial charge on any atom is -0.495 e. The van der Waals surface area contributed by atoms with Gasteiger partial charge in [-0.3, -0.25) is 9.36 Å². The molecule has 1 aliphatic heterocycles. The van der Waals surface area contributed by atoms with Gasteiger partial charge in [0, 0.05) is 39.4 Å². The van der Waals surface area contributed by atoms with Crippen LogP contribution in [-0.2, 0) is 11.2 Å². The molecule has 1 aromatic heterocycles. The van der Waals surface area contributed by atoms with Crippen molar-refractivity contribution in [2.45, 2.75) is 42.6 Å². The molecule has 1 N–H and O–H groups in total. The number of carbonyl (C=O) groups is 1. The van der Waals surface area contributed by atoms with Crippen LogP contribution in [0, 0.1) is 11.6 Å². The number of hydrogen-bond acceptors (Lipinski definition) is 4. The molecule has 0 spiro atoms. The quantitative estimate of drug-likeness (QED) is 0.148. The maximum Gasteiger partial charge on any atom is 0.251 e. The van der Waals surface area contributed by atoms with E-state index < -0.39 is 11.2 Å². The van der Waals surface area contributed by atoms with Crippen LogP contribution in [0.4, 0.5) is 8.78 Å². The van der Waals surface area contributed by atoms with Crippen LogP contribution in [0.25, 0.3) is 5.69 Å². The molecule has 232 valence electrons. The van der Waals surface area contributed by atoms with Crippen LogP contribution in [0.15, 0.2) is 66.0 Å². The zero-order valence-electron chi connectivity index (χ0n) is 25.3. The number of benzene rings is 3. The third-order valence-electron chi connectivity index (χ3n) is 8.21. The van der Waals surface area contributed by atoms with Crippen LogP contribution in [0.2, 0.25) is 10.0 Å². The Morgan fingerprint density at radius 3 is 2.48 bits per heavy atom. The predicted octanol–water partition coefficient (Wildman–Crippen LogP) is 7.66. The van der Waals surface area contributed by atoms with E-state index in [4.69, 9.17) is 32.9 Å². The van der Waals surface area contributed by atoms with Gasteiger partial charge in [-0.15, -0.1) is 0 Å². The lowest BCUT2D eigenvalue weighted by atomic mass is 9.81. The highest BCUT2D eigenvalue weighted by Crippen LogP contribution is 2.39. The van der Waals surface area contributed by atoms with E-state index in [1.807, 2.05) is 30.5 Å². The highest BCUT2D eigenvalue weighted by molar-refractivity contribution is 7.98. The molecule has 5 rings (SSSR count). The van der Waals surface area contributed by atoms with Gasteiger partial charge in [-0.1, -0.05) is 54.9 Å². The van der Waals surface area contributed by atoms with Crippen molar-refractivity contribution in [1.29, 1.82) is 0 Å². The second-order valence-electron chi connectivity index (χ2n) is 12.2. The Balaban J connectivity index is 1.43. The van der Waals surface area contributed by atoms with Gasteiger partial charge in [0.2, 0.25) is 0 Å². The normalized spacial score (nSPS) is 16.2. The second kappa shape index (κ2) is 12.7. The van der Waals surface area contributed by atoms with Crippen molar-refractivity contribution < 1.29 is 22.8 Å². The molecule has 1 saturated heterocycles. The average molecular weight is 661 g/mol. The number of carbonyl (C=O) groups excluding carboxylic acids is 1. The molecule has 2 heterocycles. The van der Waals surface area contributed by atoms with Gasteiger partial charge in [0.1, 0.15) is 17.4 Å². The Morgan fingerprint density at radius 1 is 1.11 bits per heavy atom.